The van der Waals surface area contributed by atoms with Gasteiger partial charge in [0.25, 0.3) is 0 Å². The Bertz CT molecular complexity index is 191. The van der Waals surface area contributed by atoms with Crippen molar-refractivity contribution in [3.05, 3.63) is 23.9 Å². The van der Waals surface area contributed by atoms with Crippen LogP contribution in [0.5, 0.6) is 0 Å². The Morgan fingerprint density at radius 3 is 2.00 bits per heavy atom. The number of hydrogen-bond acceptors (Lipinski definition) is 4. The summed E-state index contributed by atoms with van der Waals surface area (Å²) in [5, 5.41) is 17.2. The van der Waals surface area contributed by atoms with Gasteiger partial charge in [-0.05, 0) is 0 Å². The molecular weight excluding hydrogens is 124 g/mol. The Hall–Kier alpha value is -1.45. The van der Waals surface area contributed by atoms with Crippen LogP contribution in [0.15, 0.2) is 23.9 Å². The predicted molar refractivity (Wildman–Crippen MR) is 27.5 cm³/mol. The smallest absolute Gasteiger partial charge is 0.383 e. The van der Waals surface area contributed by atoms with Crippen molar-refractivity contribution < 1.29 is 19.7 Å². The maximum Gasteiger partial charge on any atom is 0.383 e. The normalized spacial score (nSPS) is 18.7. The lowest BCUT2D eigenvalue weighted by molar-refractivity contribution is -0.135. The summed E-state index contributed by atoms with van der Waals surface area (Å²) in [4.78, 5) is 10.2. The fraction of sp³-hybridized carbons (Fsp3) is 0. The van der Waals surface area contributed by atoms with Gasteiger partial charge in [-0.1, -0.05) is 6.58 Å². The zero-order valence-electron chi connectivity index (χ0n) is 4.42. The summed E-state index contributed by atoms with van der Waals surface area (Å²) < 4.78 is 4.18. The van der Waals surface area contributed by atoms with Crippen LogP contribution in [-0.4, -0.2) is 16.2 Å². The van der Waals surface area contributed by atoms with Crippen molar-refractivity contribution in [1.29, 1.82) is 0 Å². The monoisotopic (exact) mass is 128 g/mol. The number of carbonyl (C=O) groups excluding carboxylic acids is 1. The molecule has 9 heavy (non-hydrogen) atoms. The van der Waals surface area contributed by atoms with Crippen molar-refractivity contribution in [3.8, 4) is 0 Å². The Labute approximate surface area is 50.7 Å². The highest BCUT2D eigenvalue weighted by Crippen LogP contribution is 2.19. The molecule has 1 rings (SSSR count). The first-order chi connectivity index (χ1) is 4.13. The van der Waals surface area contributed by atoms with E-state index in [1.807, 2.05) is 0 Å². The van der Waals surface area contributed by atoms with Gasteiger partial charge in [-0.15, -0.1) is 0 Å². The number of aliphatic hydroxyl groups is 2. The molecule has 1 aliphatic rings. The first-order valence-corrected chi connectivity index (χ1v) is 2.16. The summed E-state index contributed by atoms with van der Waals surface area (Å²) in [5.74, 6) is -2.53. The second kappa shape index (κ2) is 1.51. The lowest BCUT2D eigenvalue weighted by atomic mass is 10.4. The molecule has 0 bridgehead atoms. The summed E-state index contributed by atoms with van der Waals surface area (Å²) in [7, 11) is 0. The molecule has 0 fully saturated rings. The number of cyclic esters (lactones) is 1. The molecule has 4 heteroatoms. The molecule has 0 saturated heterocycles. The summed E-state index contributed by atoms with van der Waals surface area (Å²) in [6.07, 6.45) is 0. The van der Waals surface area contributed by atoms with Crippen LogP contribution in [0.4, 0.5) is 0 Å². The van der Waals surface area contributed by atoms with Gasteiger partial charge in [0.1, 0.15) is 0 Å². The fourth-order valence-corrected chi connectivity index (χ4v) is 0.437. The van der Waals surface area contributed by atoms with E-state index in [9.17, 15) is 4.79 Å². The van der Waals surface area contributed by atoms with Crippen LogP contribution in [0.25, 0.3) is 0 Å². The molecule has 0 aromatic carbocycles. The number of carbonyl (C=O) groups is 1. The highest BCUT2D eigenvalue weighted by Gasteiger charge is 2.27. The molecule has 1 heterocycles. The van der Waals surface area contributed by atoms with Crippen LogP contribution < -0.4 is 0 Å². The Balaban J connectivity index is 3.06. The minimum absolute atomic E-state index is 0.211. The van der Waals surface area contributed by atoms with Crippen molar-refractivity contribution in [2.24, 2.45) is 0 Å². The first kappa shape index (κ1) is 5.68. The van der Waals surface area contributed by atoms with Crippen LogP contribution in [0.2, 0.25) is 0 Å². The number of esters is 1. The fourth-order valence-electron chi connectivity index (χ4n) is 0.437. The zero-order valence-corrected chi connectivity index (χ0v) is 4.42. The van der Waals surface area contributed by atoms with Gasteiger partial charge in [0, 0.05) is 0 Å². The molecule has 0 unspecified atom stereocenters. The topological polar surface area (TPSA) is 66.8 Å². The third kappa shape index (κ3) is 0.641. The third-order valence-corrected chi connectivity index (χ3v) is 0.898. The molecule has 2 N–H and O–H groups in total. The van der Waals surface area contributed by atoms with E-state index in [2.05, 4.69) is 11.3 Å². The maximum atomic E-state index is 10.2. The van der Waals surface area contributed by atoms with E-state index in [-0.39, 0.29) is 5.76 Å². The Morgan fingerprint density at radius 1 is 1.33 bits per heavy atom. The molecule has 4 nitrogen and oxygen atoms in total. The van der Waals surface area contributed by atoms with E-state index >= 15 is 0 Å². The van der Waals surface area contributed by atoms with Crippen molar-refractivity contribution >= 4 is 5.97 Å². The zero-order chi connectivity index (χ0) is 7.02. The van der Waals surface area contributed by atoms with Gasteiger partial charge in [-0.25, -0.2) is 4.79 Å². The van der Waals surface area contributed by atoms with Gasteiger partial charge >= 0.3 is 5.97 Å². The lowest BCUT2D eigenvalue weighted by Crippen LogP contribution is -1.96. The average molecular weight is 128 g/mol. The molecule has 0 aromatic rings. The van der Waals surface area contributed by atoms with Crippen LogP contribution in [0.1, 0.15) is 0 Å². The molecular formula is C5H4O4. The third-order valence-electron chi connectivity index (χ3n) is 0.898. The van der Waals surface area contributed by atoms with Crippen molar-refractivity contribution in [2.75, 3.05) is 0 Å². The van der Waals surface area contributed by atoms with Gasteiger partial charge in [0.05, 0.1) is 0 Å². The van der Waals surface area contributed by atoms with E-state index in [0.29, 0.717) is 0 Å². The van der Waals surface area contributed by atoms with E-state index < -0.39 is 17.5 Å². The summed E-state index contributed by atoms with van der Waals surface area (Å²) in [5.41, 5.74) is 0. The molecule has 0 aliphatic carbocycles. The second-order valence-electron chi connectivity index (χ2n) is 1.51. The molecule has 0 amide bonds. The van der Waals surface area contributed by atoms with Gasteiger partial charge in [-0.3, -0.25) is 0 Å². The summed E-state index contributed by atoms with van der Waals surface area (Å²) in [6, 6.07) is 0. The minimum Gasteiger partial charge on any atom is -0.502 e. The Kier molecular flexibility index (Phi) is 0.955. The van der Waals surface area contributed by atoms with Crippen LogP contribution in [0.3, 0.4) is 0 Å². The van der Waals surface area contributed by atoms with Crippen LogP contribution in [0, 0.1) is 0 Å². The van der Waals surface area contributed by atoms with E-state index in [4.69, 9.17) is 10.2 Å². The standard InChI is InChI=1S/C5H4O4/c1-2-3(6)4(7)5(8)9-2/h6-7H,1H2. The largest absolute Gasteiger partial charge is 0.502 e. The van der Waals surface area contributed by atoms with E-state index in [1.165, 1.54) is 0 Å². The quantitative estimate of drug-likeness (QED) is 0.463. The van der Waals surface area contributed by atoms with Crippen LogP contribution in [-0.2, 0) is 9.53 Å². The molecule has 0 atom stereocenters. The molecule has 0 spiro atoms. The highest BCUT2D eigenvalue weighted by molar-refractivity contribution is 5.90. The first-order valence-electron chi connectivity index (χ1n) is 2.16. The second-order valence-corrected chi connectivity index (χ2v) is 1.51. The van der Waals surface area contributed by atoms with Gasteiger partial charge < -0.3 is 14.9 Å². The number of hydrogen-bond donors (Lipinski definition) is 2. The minimum atomic E-state index is -0.961. The summed E-state index contributed by atoms with van der Waals surface area (Å²) >= 11 is 0. The van der Waals surface area contributed by atoms with Gasteiger partial charge in [0.15, 0.2) is 5.76 Å². The van der Waals surface area contributed by atoms with Crippen LogP contribution >= 0.6 is 0 Å². The number of ether oxygens (including phenoxy) is 1. The molecule has 0 radical (unpaired) electrons. The number of aliphatic hydroxyl groups excluding tert-OH is 2. The highest BCUT2D eigenvalue weighted by atomic mass is 16.6. The lowest BCUT2D eigenvalue weighted by Gasteiger charge is -1.88. The molecule has 0 saturated carbocycles. The van der Waals surface area contributed by atoms with Gasteiger partial charge in [-0.2, -0.15) is 0 Å². The van der Waals surface area contributed by atoms with Crippen molar-refractivity contribution in [2.45, 2.75) is 0 Å². The van der Waals surface area contributed by atoms with E-state index in [0.717, 1.165) is 0 Å². The Morgan fingerprint density at radius 2 is 1.89 bits per heavy atom. The van der Waals surface area contributed by atoms with Crippen molar-refractivity contribution in [1.82, 2.24) is 0 Å². The SMILES string of the molecule is C=C1OC(=O)C(O)=C1O. The molecule has 0 aromatic heterocycles. The average Bonchev–Trinajstić information content (AvgIpc) is 1.98. The number of rotatable bonds is 0. The molecule has 1 aliphatic heterocycles. The predicted octanol–water partition coefficient (Wildman–Crippen LogP) is 0.384. The molecule has 48 valence electrons. The summed E-state index contributed by atoms with van der Waals surface area (Å²) in [6.45, 7) is 3.13. The van der Waals surface area contributed by atoms with Gasteiger partial charge in [0.2, 0.25) is 11.5 Å². The maximum absolute atomic E-state index is 10.2. The van der Waals surface area contributed by atoms with Crippen molar-refractivity contribution in [3.63, 3.8) is 0 Å². The van der Waals surface area contributed by atoms with E-state index in [1.54, 1.807) is 0 Å².